The minimum atomic E-state index is -0.0170. The average Bonchev–Trinajstić information content (AvgIpc) is 2.66. The monoisotopic (exact) mass is 378 g/mol. The summed E-state index contributed by atoms with van der Waals surface area (Å²) in [6.07, 6.45) is 9.63. The number of benzene rings is 1. The summed E-state index contributed by atoms with van der Waals surface area (Å²) in [6.45, 7) is 0.624. The van der Waals surface area contributed by atoms with Gasteiger partial charge in [-0.2, -0.15) is 0 Å². The standard InChI is InChI=1S/C21H30N2O2.ClH/c22-14-18-7-3-4-8-19(18)23-21(25)12-11-20(24)17-10-9-15-5-1-2-6-16(15)13-17;/h9-10,13,18-19H,1-8,11-12,14,22H2,(H,23,25);1H. The Morgan fingerprint density at radius 1 is 1.00 bits per heavy atom. The number of Topliss-reactive ketones (excluding diaryl/α,β-unsaturated/α-hetero) is 1. The SMILES string of the molecule is Cl.NCC1CCCCC1NC(=O)CCC(=O)c1ccc2c(c1)CCCC2. The molecule has 2 aliphatic rings. The Balaban J connectivity index is 0.00000243. The van der Waals surface area contributed by atoms with Crippen molar-refractivity contribution >= 4 is 24.1 Å². The number of ketones is 1. The van der Waals surface area contributed by atoms with E-state index >= 15 is 0 Å². The van der Waals surface area contributed by atoms with Crippen LogP contribution in [-0.2, 0) is 17.6 Å². The van der Waals surface area contributed by atoms with Crippen molar-refractivity contribution < 1.29 is 9.59 Å². The van der Waals surface area contributed by atoms with Crippen LogP contribution >= 0.6 is 12.4 Å². The predicted molar refractivity (Wildman–Crippen MR) is 107 cm³/mol. The molecule has 1 aromatic rings. The fourth-order valence-corrected chi connectivity index (χ4v) is 4.24. The third-order valence-electron chi connectivity index (χ3n) is 5.81. The zero-order valence-electron chi connectivity index (χ0n) is 15.5. The molecule has 1 fully saturated rings. The summed E-state index contributed by atoms with van der Waals surface area (Å²) < 4.78 is 0. The number of amides is 1. The van der Waals surface area contributed by atoms with Crippen LogP contribution in [0.4, 0.5) is 0 Å². The number of aryl methyl sites for hydroxylation is 2. The zero-order chi connectivity index (χ0) is 17.6. The molecule has 4 nitrogen and oxygen atoms in total. The van der Waals surface area contributed by atoms with Crippen molar-refractivity contribution in [1.82, 2.24) is 5.32 Å². The van der Waals surface area contributed by atoms with E-state index in [1.165, 1.54) is 30.4 Å². The van der Waals surface area contributed by atoms with Gasteiger partial charge in [-0.15, -0.1) is 12.4 Å². The van der Waals surface area contributed by atoms with E-state index in [1.54, 1.807) is 0 Å². The Bertz CT molecular complexity index is 632. The van der Waals surface area contributed by atoms with Crippen LogP contribution in [0.2, 0.25) is 0 Å². The number of nitrogens with one attached hydrogen (secondary N) is 1. The molecule has 1 aromatic carbocycles. The van der Waals surface area contributed by atoms with Gasteiger partial charge < -0.3 is 11.1 Å². The molecule has 144 valence electrons. The van der Waals surface area contributed by atoms with Gasteiger partial charge in [0, 0.05) is 24.4 Å². The van der Waals surface area contributed by atoms with Crippen molar-refractivity contribution in [2.75, 3.05) is 6.54 Å². The molecule has 0 heterocycles. The number of carbonyl (C=O) groups is 2. The first-order chi connectivity index (χ1) is 12.2. The molecule has 3 rings (SSSR count). The molecule has 0 spiro atoms. The third kappa shape index (κ3) is 5.31. The Kier molecular flexibility index (Phi) is 8.11. The molecular formula is C21H31ClN2O2. The Morgan fingerprint density at radius 3 is 2.50 bits per heavy atom. The van der Waals surface area contributed by atoms with Crippen LogP contribution in [0.15, 0.2) is 18.2 Å². The van der Waals surface area contributed by atoms with E-state index in [0.717, 1.165) is 37.7 Å². The number of hydrogen-bond donors (Lipinski definition) is 2. The van der Waals surface area contributed by atoms with E-state index in [4.69, 9.17) is 5.73 Å². The molecule has 26 heavy (non-hydrogen) atoms. The minimum Gasteiger partial charge on any atom is -0.353 e. The molecule has 2 unspecified atom stereocenters. The van der Waals surface area contributed by atoms with Crippen LogP contribution in [0.25, 0.3) is 0 Å². The number of fused-ring (bicyclic) bond motifs is 1. The quantitative estimate of drug-likeness (QED) is 0.743. The van der Waals surface area contributed by atoms with E-state index in [1.807, 2.05) is 12.1 Å². The van der Waals surface area contributed by atoms with Crippen molar-refractivity contribution in [3.8, 4) is 0 Å². The summed E-state index contributed by atoms with van der Waals surface area (Å²) in [5.41, 5.74) is 9.27. The van der Waals surface area contributed by atoms with E-state index in [-0.39, 0.29) is 43.0 Å². The summed E-state index contributed by atoms with van der Waals surface area (Å²) in [4.78, 5) is 24.7. The van der Waals surface area contributed by atoms with Gasteiger partial charge >= 0.3 is 0 Å². The maximum absolute atomic E-state index is 12.4. The summed E-state index contributed by atoms with van der Waals surface area (Å²) in [6, 6.07) is 6.25. The van der Waals surface area contributed by atoms with E-state index in [9.17, 15) is 9.59 Å². The van der Waals surface area contributed by atoms with E-state index in [2.05, 4.69) is 11.4 Å². The first kappa shape index (κ1) is 20.9. The van der Waals surface area contributed by atoms with Gasteiger partial charge in [0.2, 0.25) is 5.91 Å². The summed E-state index contributed by atoms with van der Waals surface area (Å²) in [5.74, 6) is 0.438. The van der Waals surface area contributed by atoms with Crippen LogP contribution in [0.1, 0.15) is 72.9 Å². The molecule has 2 atom stereocenters. The van der Waals surface area contributed by atoms with Crippen molar-refractivity contribution in [3.05, 3.63) is 34.9 Å². The van der Waals surface area contributed by atoms with Crippen LogP contribution in [0.5, 0.6) is 0 Å². The lowest BCUT2D eigenvalue weighted by atomic mass is 9.84. The summed E-state index contributed by atoms with van der Waals surface area (Å²) in [7, 11) is 0. The maximum Gasteiger partial charge on any atom is 0.220 e. The first-order valence-electron chi connectivity index (χ1n) is 9.82. The molecule has 1 amide bonds. The van der Waals surface area contributed by atoms with Crippen molar-refractivity contribution in [2.24, 2.45) is 11.7 Å². The molecule has 1 saturated carbocycles. The Morgan fingerprint density at radius 2 is 1.73 bits per heavy atom. The fraction of sp³-hybridized carbons (Fsp3) is 0.619. The van der Waals surface area contributed by atoms with Gasteiger partial charge in [-0.3, -0.25) is 9.59 Å². The second-order valence-electron chi connectivity index (χ2n) is 7.57. The van der Waals surface area contributed by atoms with Crippen molar-refractivity contribution in [1.29, 1.82) is 0 Å². The lowest BCUT2D eigenvalue weighted by Crippen LogP contribution is -2.44. The molecule has 0 radical (unpaired) electrons. The van der Waals surface area contributed by atoms with Crippen LogP contribution in [0.3, 0.4) is 0 Å². The van der Waals surface area contributed by atoms with Crippen molar-refractivity contribution in [2.45, 2.75) is 70.3 Å². The predicted octanol–water partition coefficient (Wildman–Crippen LogP) is 3.58. The van der Waals surface area contributed by atoms with Gasteiger partial charge in [-0.25, -0.2) is 0 Å². The lowest BCUT2D eigenvalue weighted by molar-refractivity contribution is -0.122. The normalized spacial score (nSPS) is 22.0. The smallest absolute Gasteiger partial charge is 0.220 e. The van der Waals surface area contributed by atoms with Crippen LogP contribution in [0, 0.1) is 5.92 Å². The highest BCUT2D eigenvalue weighted by atomic mass is 35.5. The molecule has 2 aliphatic carbocycles. The molecule has 0 saturated heterocycles. The zero-order valence-corrected chi connectivity index (χ0v) is 16.3. The van der Waals surface area contributed by atoms with Crippen molar-refractivity contribution in [3.63, 3.8) is 0 Å². The summed E-state index contributed by atoms with van der Waals surface area (Å²) in [5, 5.41) is 3.11. The third-order valence-corrected chi connectivity index (χ3v) is 5.81. The van der Waals surface area contributed by atoms with E-state index < -0.39 is 0 Å². The molecule has 5 heteroatoms. The highest BCUT2D eigenvalue weighted by molar-refractivity contribution is 5.98. The number of nitrogens with two attached hydrogens (primary N) is 1. The fourth-order valence-electron chi connectivity index (χ4n) is 4.24. The highest BCUT2D eigenvalue weighted by Gasteiger charge is 2.25. The summed E-state index contributed by atoms with van der Waals surface area (Å²) >= 11 is 0. The van der Waals surface area contributed by atoms with Gasteiger partial charge in [0.05, 0.1) is 0 Å². The Hall–Kier alpha value is -1.39. The minimum absolute atomic E-state index is 0. The molecule has 0 aromatic heterocycles. The molecule has 0 bridgehead atoms. The van der Waals surface area contributed by atoms with Gasteiger partial charge in [0.1, 0.15) is 0 Å². The second-order valence-corrected chi connectivity index (χ2v) is 7.57. The average molecular weight is 379 g/mol. The van der Waals surface area contributed by atoms with E-state index in [0.29, 0.717) is 12.5 Å². The molecular weight excluding hydrogens is 348 g/mol. The number of rotatable bonds is 6. The Labute approximate surface area is 162 Å². The molecule has 0 aliphatic heterocycles. The van der Waals surface area contributed by atoms with Gasteiger partial charge in [0.25, 0.3) is 0 Å². The van der Waals surface area contributed by atoms with Gasteiger partial charge in [-0.05, 0) is 68.2 Å². The van der Waals surface area contributed by atoms with Crippen LogP contribution in [-0.4, -0.2) is 24.3 Å². The number of hydrogen-bond acceptors (Lipinski definition) is 3. The van der Waals surface area contributed by atoms with Gasteiger partial charge in [-0.1, -0.05) is 25.0 Å². The maximum atomic E-state index is 12.4. The second kappa shape index (κ2) is 10.1. The molecule has 3 N–H and O–H groups in total. The topological polar surface area (TPSA) is 72.2 Å². The number of halogens is 1. The lowest BCUT2D eigenvalue weighted by Gasteiger charge is -2.31. The van der Waals surface area contributed by atoms with Crippen LogP contribution < -0.4 is 11.1 Å². The first-order valence-corrected chi connectivity index (χ1v) is 9.82. The van der Waals surface area contributed by atoms with Gasteiger partial charge in [0.15, 0.2) is 5.78 Å². The number of carbonyl (C=O) groups excluding carboxylic acids is 2. The highest BCUT2D eigenvalue weighted by Crippen LogP contribution is 2.24. The largest absolute Gasteiger partial charge is 0.353 e.